The van der Waals surface area contributed by atoms with Crippen molar-refractivity contribution < 1.29 is 9.53 Å². The number of rotatable bonds is 1. The molecule has 37 heavy (non-hydrogen) atoms. The predicted octanol–water partition coefficient (Wildman–Crippen LogP) is 5.04. The Labute approximate surface area is 219 Å². The van der Waals surface area contributed by atoms with E-state index in [-0.39, 0.29) is 18.0 Å². The van der Waals surface area contributed by atoms with Gasteiger partial charge in [-0.05, 0) is 59.5 Å². The van der Waals surface area contributed by atoms with Crippen LogP contribution in [-0.2, 0) is 17.9 Å². The lowest BCUT2D eigenvalue weighted by atomic mass is 9.97. The summed E-state index contributed by atoms with van der Waals surface area (Å²) in [7, 11) is 0. The number of ether oxygens (including phenoxy) is 1. The lowest BCUT2D eigenvalue weighted by Gasteiger charge is -2.30. The second-order valence-electron chi connectivity index (χ2n) is 9.34. The van der Waals surface area contributed by atoms with Crippen molar-refractivity contribution in [1.29, 1.82) is 5.26 Å². The molecular weight excluding hydrogens is 486 g/mol. The summed E-state index contributed by atoms with van der Waals surface area (Å²) in [6.45, 7) is 1.69. The maximum Gasteiger partial charge on any atom is 0.240 e. The average molecular weight is 510 g/mol. The zero-order valence-electron chi connectivity index (χ0n) is 20.0. The van der Waals surface area contributed by atoms with Crippen LogP contribution in [0.5, 0.6) is 11.5 Å². The summed E-state index contributed by atoms with van der Waals surface area (Å²) in [4.78, 5) is 19.9. The molecule has 3 aromatic carbocycles. The number of carbonyl (C=O) groups is 1. The third-order valence-electron chi connectivity index (χ3n) is 6.97. The minimum Gasteiger partial charge on any atom is -0.456 e. The number of hydrogen-bond acceptors (Lipinski definition) is 5. The van der Waals surface area contributed by atoms with E-state index in [0.717, 1.165) is 22.4 Å². The fourth-order valence-corrected chi connectivity index (χ4v) is 5.35. The molecule has 184 valence electrons. The molecule has 0 saturated carbocycles. The number of carbonyl (C=O) groups excluding carboxylic acids is 1. The van der Waals surface area contributed by atoms with Gasteiger partial charge in [-0.3, -0.25) is 4.79 Å². The minimum absolute atomic E-state index is 0.0476. The van der Waals surface area contributed by atoms with E-state index >= 15 is 0 Å². The molecule has 2 atom stereocenters. The molecule has 6 bridgehead atoms. The molecular formula is C29H24ClN5O2. The third-order valence-corrected chi connectivity index (χ3v) is 7.20. The summed E-state index contributed by atoms with van der Waals surface area (Å²) in [5.74, 6) is 1.13. The highest BCUT2D eigenvalue weighted by Crippen LogP contribution is 2.36. The van der Waals surface area contributed by atoms with Gasteiger partial charge in [-0.2, -0.15) is 5.26 Å². The van der Waals surface area contributed by atoms with E-state index in [4.69, 9.17) is 16.3 Å². The third kappa shape index (κ3) is 4.57. The Morgan fingerprint density at radius 3 is 2.76 bits per heavy atom. The van der Waals surface area contributed by atoms with Crippen molar-refractivity contribution in [2.45, 2.75) is 31.6 Å². The Kier molecular flexibility index (Phi) is 6.13. The summed E-state index contributed by atoms with van der Waals surface area (Å²) >= 11 is 6.37. The van der Waals surface area contributed by atoms with Gasteiger partial charge in [0.05, 0.1) is 29.7 Å². The van der Waals surface area contributed by atoms with Crippen LogP contribution in [0.1, 0.15) is 40.4 Å². The van der Waals surface area contributed by atoms with Gasteiger partial charge in [0.25, 0.3) is 0 Å². The molecule has 0 aliphatic carbocycles. The Bertz CT molecular complexity index is 1520. The van der Waals surface area contributed by atoms with Gasteiger partial charge in [0.15, 0.2) is 0 Å². The van der Waals surface area contributed by atoms with Gasteiger partial charge < -0.3 is 19.5 Å². The molecule has 0 spiro atoms. The molecule has 0 radical (unpaired) electrons. The first-order chi connectivity index (χ1) is 18.1. The van der Waals surface area contributed by atoms with Gasteiger partial charge in [0, 0.05) is 30.9 Å². The number of nitrogens with zero attached hydrogens (tertiary/aromatic N) is 4. The average Bonchev–Trinajstić information content (AvgIpc) is 3.49. The summed E-state index contributed by atoms with van der Waals surface area (Å²) in [6, 6.07) is 22.6. The van der Waals surface area contributed by atoms with Gasteiger partial charge in [-0.1, -0.05) is 41.9 Å². The standard InChI is InChI=1S/C29H24ClN5O2/c30-23-5-1-3-20(12-23)28-21-4-2-6-25(13-21)37-27-11-19(7-8-22(27)14-31)17-34-18-32-15-24(34)16-33-26-9-10-35(28)29(26)36/h1-8,11-13,15,18,26,28,33H,9-10,16-17H2/t26-,28+/m0/s1. The maximum atomic E-state index is 13.7. The van der Waals surface area contributed by atoms with Crippen LogP contribution >= 0.6 is 11.6 Å². The van der Waals surface area contributed by atoms with Crippen molar-refractivity contribution in [2.24, 2.45) is 0 Å². The summed E-state index contributed by atoms with van der Waals surface area (Å²) in [5.41, 5.74) is 4.25. The molecule has 7 nitrogen and oxygen atoms in total. The molecule has 1 aromatic heterocycles. The highest BCUT2D eigenvalue weighted by Gasteiger charge is 2.37. The second kappa shape index (κ2) is 9.74. The highest BCUT2D eigenvalue weighted by molar-refractivity contribution is 6.30. The van der Waals surface area contributed by atoms with Gasteiger partial charge in [-0.15, -0.1) is 0 Å². The molecule has 1 fully saturated rings. The molecule has 3 heterocycles. The summed E-state index contributed by atoms with van der Waals surface area (Å²) in [5, 5.41) is 13.8. The zero-order chi connectivity index (χ0) is 25.4. The van der Waals surface area contributed by atoms with Crippen molar-refractivity contribution in [3.05, 3.63) is 112 Å². The predicted molar refractivity (Wildman–Crippen MR) is 139 cm³/mol. The highest BCUT2D eigenvalue weighted by atomic mass is 35.5. The first-order valence-corrected chi connectivity index (χ1v) is 12.6. The van der Waals surface area contributed by atoms with Crippen molar-refractivity contribution in [3.63, 3.8) is 0 Å². The number of fused-ring (bicyclic) bond motifs is 7. The molecule has 8 heteroatoms. The monoisotopic (exact) mass is 509 g/mol. The van der Waals surface area contributed by atoms with Crippen molar-refractivity contribution >= 4 is 17.5 Å². The normalized spacial score (nSPS) is 19.1. The first-order valence-electron chi connectivity index (χ1n) is 12.2. The lowest BCUT2D eigenvalue weighted by molar-refractivity contribution is -0.130. The lowest BCUT2D eigenvalue weighted by Crippen LogP contribution is -2.40. The summed E-state index contributed by atoms with van der Waals surface area (Å²) in [6.07, 6.45) is 4.29. The van der Waals surface area contributed by atoms with Crippen LogP contribution in [0.4, 0.5) is 0 Å². The van der Waals surface area contributed by atoms with Crippen molar-refractivity contribution in [2.75, 3.05) is 6.54 Å². The number of nitrogens with one attached hydrogen (secondary N) is 1. The quantitative estimate of drug-likeness (QED) is 0.388. The number of imidazole rings is 1. The second-order valence-corrected chi connectivity index (χ2v) is 9.78. The number of amides is 1. The van der Waals surface area contributed by atoms with Crippen molar-refractivity contribution in [1.82, 2.24) is 19.8 Å². The van der Waals surface area contributed by atoms with Crippen molar-refractivity contribution in [3.8, 4) is 17.6 Å². The van der Waals surface area contributed by atoms with E-state index in [9.17, 15) is 10.1 Å². The smallest absolute Gasteiger partial charge is 0.240 e. The van der Waals surface area contributed by atoms with E-state index < -0.39 is 0 Å². The number of halogens is 1. The molecule has 1 amide bonds. The van der Waals surface area contributed by atoms with Crippen LogP contribution in [0.3, 0.4) is 0 Å². The fourth-order valence-electron chi connectivity index (χ4n) is 5.16. The van der Waals surface area contributed by atoms with Crippen LogP contribution in [0.15, 0.2) is 79.3 Å². The molecule has 2 aliphatic rings. The van der Waals surface area contributed by atoms with Crippen LogP contribution in [-0.4, -0.2) is 32.9 Å². The topological polar surface area (TPSA) is 83.2 Å². The summed E-state index contributed by atoms with van der Waals surface area (Å²) < 4.78 is 8.31. The Morgan fingerprint density at radius 2 is 1.92 bits per heavy atom. The molecule has 2 aliphatic heterocycles. The van der Waals surface area contributed by atoms with Gasteiger partial charge in [0.1, 0.15) is 17.6 Å². The molecule has 1 saturated heterocycles. The van der Waals surface area contributed by atoms with E-state index in [0.29, 0.717) is 48.1 Å². The van der Waals surface area contributed by atoms with E-state index in [2.05, 4.69) is 16.4 Å². The van der Waals surface area contributed by atoms with Gasteiger partial charge in [-0.25, -0.2) is 4.98 Å². The SMILES string of the molecule is N#Cc1ccc2cc1Oc1cccc(c1)[C@@H](c1cccc(Cl)c1)N1CC[C@H](NCc3cncn3C2)C1=O. The van der Waals surface area contributed by atoms with Gasteiger partial charge >= 0.3 is 0 Å². The molecule has 4 aromatic rings. The van der Waals surface area contributed by atoms with Gasteiger partial charge in [0.2, 0.25) is 5.91 Å². The van der Waals surface area contributed by atoms with Crippen LogP contribution in [0, 0.1) is 11.3 Å². The Balaban J connectivity index is 1.48. The molecule has 6 rings (SSSR count). The van der Waals surface area contributed by atoms with E-state index in [1.54, 1.807) is 12.4 Å². The Morgan fingerprint density at radius 1 is 1.08 bits per heavy atom. The number of hydrogen-bond donors (Lipinski definition) is 1. The molecule has 0 unspecified atom stereocenters. The van der Waals surface area contributed by atoms with Crippen LogP contribution in [0.2, 0.25) is 5.02 Å². The van der Waals surface area contributed by atoms with E-state index in [1.807, 2.05) is 76.3 Å². The molecule has 1 N–H and O–H groups in total. The minimum atomic E-state index is -0.332. The maximum absolute atomic E-state index is 13.7. The zero-order valence-corrected chi connectivity index (χ0v) is 20.7. The largest absolute Gasteiger partial charge is 0.456 e. The van der Waals surface area contributed by atoms with Crippen LogP contribution < -0.4 is 10.1 Å². The fraction of sp³-hybridized carbons (Fsp3) is 0.207. The number of nitriles is 1. The number of benzene rings is 3. The van der Waals surface area contributed by atoms with Crippen LogP contribution in [0.25, 0.3) is 0 Å². The number of aromatic nitrogens is 2. The van der Waals surface area contributed by atoms with E-state index in [1.165, 1.54) is 0 Å². The first kappa shape index (κ1) is 23.3. The Hall–Kier alpha value is -4.12.